The molecule has 1 saturated carbocycles. The highest BCUT2D eigenvalue weighted by atomic mass is 79.9. The molecule has 1 heterocycles. The summed E-state index contributed by atoms with van der Waals surface area (Å²) < 4.78 is 19.2. The van der Waals surface area contributed by atoms with Gasteiger partial charge in [0, 0.05) is 23.8 Å². The third-order valence-electron chi connectivity index (χ3n) is 7.12. The SMILES string of the molecule is BrCCCCOC1C(Cc2cccc(OCc3ccccc3)c2)COC2(c3ccccc3)CC12. The van der Waals surface area contributed by atoms with Gasteiger partial charge < -0.3 is 14.2 Å². The molecule has 3 nitrogen and oxygen atoms in total. The van der Waals surface area contributed by atoms with Gasteiger partial charge in [0.05, 0.1) is 18.3 Å². The fraction of sp³-hybridized carbons (Fsp3) is 0.400. The molecule has 1 aliphatic heterocycles. The van der Waals surface area contributed by atoms with Gasteiger partial charge in [-0.3, -0.25) is 0 Å². The predicted molar refractivity (Wildman–Crippen MR) is 139 cm³/mol. The molecule has 4 unspecified atom stereocenters. The highest BCUT2D eigenvalue weighted by Gasteiger charge is 2.64. The second-order valence-electron chi connectivity index (χ2n) is 9.49. The molecular weight excluding hydrogens is 488 g/mol. The molecule has 0 N–H and O–H groups in total. The van der Waals surface area contributed by atoms with Crippen LogP contribution in [-0.2, 0) is 28.1 Å². The Bertz CT molecular complexity index is 1040. The van der Waals surface area contributed by atoms with Gasteiger partial charge in [0.1, 0.15) is 12.4 Å². The Morgan fingerprint density at radius 3 is 2.44 bits per heavy atom. The Kier molecular flexibility index (Phi) is 7.68. The molecule has 0 aromatic heterocycles. The van der Waals surface area contributed by atoms with Crippen LogP contribution in [0, 0.1) is 11.8 Å². The van der Waals surface area contributed by atoms with Crippen LogP contribution in [0.5, 0.6) is 5.75 Å². The first kappa shape index (κ1) is 23.6. The number of hydrogen-bond donors (Lipinski definition) is 0. The molecule has 0 spiro atoms. The van der Waals surface area contributed by atoms with E-state index in [1.165, 1.54) is 16.7 Å². The maximum Gasteiger partial charge on any atom is 0.120 e. The minimum atomic E-state index is -0.154. The molecule has 1 aliphatic carbocycles. The number of hydrogen-bond acceptors (Lipinski definition) is 3. The minimum absolute atomic E-state index is 0.154. The fourth-order valence-electron chi connectivity index (χ4n) is 5.28. The van der Waals surface area contributed by atoms with Gasteiger partial charge in [-0.05, 0) is 54.5 Å². The van der Waals surface area contributed by atoms with Crippen molar-refractivity contribution in [2.45, 2.75) is 44.0 Å². The van der Waals surface area contributed by atoms with Gasteiger partial charge >= 0.3 is 0 Å². The highest BCUT2D eigenvalue weighted by Crippen LogP contribution is 2.61. The van der Waals surface area contributed by atoms with Crippen molar-refractivity contribution in [2.75, 3.05) is 18.5 Å². The number of fused-ring (bicyclic) bond motifs is 1. The van der Waals surface area contributed by atoms with Gasteiger partial charge in [0.15, 0.2) is 0 Å². The first-order valence-corrected chi connectivity index (χ1v) is 13.5. The van der Waals surface area contributed by atoms with Crippen molar-refractivity contribution in [3.63, 3.8) is 0 Å². The topological polar surface area (TPSA) is 27.7 Å². The van der Waals surface area contributed by atoms with E-state index in [0.29, 0.717) is 18.4 Å². The van der Waals surface area contributed by atoms with Crippen molar-refractivity contribution in [3.8, 4) is 5.75 Å². The quantitative estimate of drug-likeness (QED) is 0.202. The maximum absolute atomic E-state index is 6.58. The van der Waals surface area contributed by atoms with Crippen LogP contribution < -0.4 is 4.74 Å². The predicted octanol–water partition coefficient (Wildman–Crippen LogP) is 6.93. The summed E-state index contributed by atoms with van der Waals surface area (Å²) in [6.45, 7) is 2.12. The zero-order valence-corrected chi connectivity index (χ0v) is 21.2. The Balaban J connectivity index is 1.26. The van der Waals surface area contributed by atoms with E-state index >= 15 is 0 Å². The lowest BCUT2D eigenvalue weighted by Gasteiger charge is -2.36. The Morgan fingerprint density at radius 2 is 1.65 bits per heavy atom. The van der Waals surface area contributed by atoms with Crippen molar-refractivity contribution < 1.29 is 14.2 Å². The van der Waals surface area contributed by atoms with Crippen LogP contribution in [0.4, 0.5) is 0 Å². The lowest BCUT2D eigenvalue weighted by Crippen LogP contribution is -2.41. The molecule has 4 atom stereocenters. The highest BCUT2D eigenvalue weighted by molar-refractivity contribution is 9.09. The molecule has 5 rings (SSSR count). The van der Waals surface area contributed by atoms with Gasteiger partial charge in [-0.15, -0.1) is 0 Å². The number of unbranched alkanes of at least 4 members (excludes halogenated alkanes) is 1. The number of halogens is 1. The number of ether oxygens (including phenoxy) is 3. The first-order valence-electron chi connectivity index (χ1n) is 12.4. The monoisotopic (exact) mass is 520 g/mol. The van der Waals surface area contributed by atoms with Crippen LogP contribution in [0.2, 0.25) is 0 Å². The second kappa shape index (κ2) is 11.1. The summed E-state index contributed by atoms with van der Waals surface area (Å²) in [4.78, 5) is 0. The summed E-state index contributed by atoms with van der Waals surface area (Å²) >= 11 is 3.54. The summed E-state index contributed by atoms with van der Waals surface area (Å²) in [7, 11) is 0. The molecule has 0 radical (unpaired) electrons. The smallest absolute Gasteiger partial charge is 0.120 e. The first-order chi connectivity index (χ1) is 16.8. The van der Waals surface area contributed by atoms with E-state index in [2.05, 4.69) is 76.6 Å². The molecule has 4 heteroatoms. The molecule has 2 aliphatic rings. The summed E-state index contributed by atoms with van der Waals surface area (Å²) in [6.07, 6.45) is 4.44. The molecule has 0 bridgehead atoms. The average molecular weight is 521 g/mol. The van der Waals surface area contributed by atoms with E-state index in [1.807, 2.05) is 24.3 Å². The van der Waals surface area contributed by atoms with Gasteiger partial charge in [-0.1, -0.05) is 88.7 Å². The number of rotatable bonds is 11. The van der Waals surface area contributed by atoms with Gasteiger partial charge in [0.25, 0.3) is 0 Å². The van der Waals surface area contributed by atoms with Gasteiger partial charge in [-0.2, -0.15) is 0 Å². The molecule has 3 aromatic carbocycles. The zero-order chi connectivity index (χ0) is 23.2. The van der Waals surface area contributed by atoms with Crippen LogP contribution in [-0.4, -0.2) is 24.6 Å². The van der Waals surface area contributed by atoms with Gasteiger partial charge in [-0.25, -0.2) is 0 Å². The van der Waals surface area contributed by atoms with E-state index in [0.717, 1.165) is 50.0 Å². The lowest BCUT2D eigenvalue weighted by atomic mass is 9.87. The number of benzene rings is 3. The van der Waals surface area contributed by atoms with E-state index in [-0.39, 0.29) is 11.7 Å². The molecule has 3 aromatic rings. The lowest BCUT2D eigenvalue weighted by molar-refractivity contribution is -0.119. The van der Waals surface area contributed by atoms with Crippen LogP contribution in [0.15, 0.2) is 84.9 Å². The van der Waals surface area contributed by atoms with Crippen molar-refractivity contribution in [1.29, 1.82) is 0 Å². The summed E-state index contributed by atoms with van der Waals surface area (Å²) in [5, 5.41) is 1.03. The van der Waals surface area contributed by atoms with Crippen molar-refractivity contribution in [3.05, 3.63) is 102 Å². The normalized spacial score (nSPS) is 25.5. The van der Waals surface area contributed by atoms with Crippen LogP contribution >= 0.6 is 15.9 Å². The number of alkyl halides is 1. The molecule has 178 valence electrons. The van der Waals surface area contributed by atoms with E-state index < -0.39 is 0 Å². The average Bonchev–Trinajstić information content (AvgIpc) is 3.64. The fourth-order valence-corrected chi connectivity index (χ4v) is 5.68. The van der Waals surface area contributed by atoms with Crippen molar-refractivity contribution >= 4 is 15.9 Å². The van der Waals surface area contributed by atoms with E-state index in [1.54, 1.807) is 0 Å². The third-order valence-corrected chi connectivity index (χ3v) is 7.68. The van der Waals surface area contributed by atoms with E-state index in [4.69, 9.17) is 14.2 Å². The van der Waals surface area contributed by atoms with E-state index in [9.17, 15) is 0 Å². The molecule has 1 saturated heterocycles. The van der Waals surface area contributed by atoms with Crippen LogP contribution in [0.25, 0.3) is 0 Å². The zero-order valence-electron chi connectivity index (χ0n) is 19.6. The largest absolute Gasteiger partial charge is 0.489 e. The Morgan fingerprint density at radius 1 is 0.882 bits per heavy atom. The maximum atomic E-state index is 6.58. The Hall–Kier alpha value is -2.14. The Labute approximate surface area is 211 Å². The van der Waals surface area contributed by atoms with Crippen LogP contribution in [0.3, 0.4) is 0 Å². The summed E-state index contributed by atoms with van der Waals surface area (Å²) in [5.41, 5.74) is 3.60. The second-order valence-corrected chi connectivity index (χ2v) is 10.3. The van der Waals surface area contributed by atoms with Crippen molar-refractivity contribution in [1.82, 2.24) is 0 Å². The van der Waals surface area contributed by atoms with Crippen LogP contribution in [0.1, 0.15) is 36.0 Å². The third kappa shape index (κ3) is 5.40. The standard InChI is InChI=1S/C30H33BrO3/c31-16-7-8-17-32-29-25(22-34-30(20-28(29)30)26-13-5-2-6-14-26)18-24-12-9-15-27(19-24)33-21-23-10-3-1-4-11-23/h1-6,9-15,19,25,28-29H,7-8,16-18,20-22H2. The molecule has 2 fully saturated rings. The minimum Gasteiger partial charge on any atom is -0.489 e. The van der Waals surface area contributed by atoms with Gasteiger partial charge in [0.2, 0.25) is 0 Å². The summed E-state index contributed by atoms with van der Waals surface area (Å²) in [6, 6.07) is 29.5. The molecular formula is C30H33BrO3. The molecule has 34 heavy (non-hydrogen) atoms. The van der Waals surface area contributed by atoms with Crippen molar-refractivity contribution in [2.24, 2.45) is 11.8 Å². The summed E-state index contributed by atoms with van der Waals surface area (Å²) in [5.74, 6) is 1.69. The molecule has 0 amide bonds.